The molecule has 0 radical (unpaired) electrons. The fraction of sp³-hybridized carbons (Fsp3) is 0.490. The molecule has 6 fully saturated rings. The van der Waals surface area contributed by atoms with Crippen molar-refractivity contribution in [1.29, 1.82) is 0 Å². The number of alkyl carbamates (subject to hydrolysis) is 1. The first-order valence-electron chi connectivity index (χ1n) is 23.8. The molecule has 0 spiro atoms. The van der Waals surface area contributed by atoms with Crippen LogP contribution in [-0.2, 0) is 23.8 Å². The zero-order valence-corrected chi connectivity index (χ0v) is 38.1. The summed E-state index contributed by atoms with van der Waals surface area (Å²) in [5.41, 5.74) is 5.66. The number of aromatic amines is 2. The van der Waals surface area contributed by atoms with E-state index in [1.807, 2.05) is 22.2 Å². The Morgan fingerprint density at radius 1 is 0.657 bits per heavy atom. The highest BCUT2D eigenvalue weighted by Gasteiger charge is 2.65. The number of rotatable bonds is 11. The van der Waals surface area contributed by atoms with Crippen LogP contribution in [0.2, 0.25) is 0 Å². The lowest BCUT2D eigenvalue weighted by Gasteiger charge is -2.35. The van der Waals surface area contributed by atoms with Crippen molar-refractivity contribution < 1.29 is 38.5 Å². The van der Waals surface area contributed by atoms with Gasteiger partial charge in [-0.25, -0.2) is 19.6 Å². The fourth-order valence-corrected chi connectivity index (χ4v) is 11.9. The lowest BCUT2D eigenvalue weighted by atomic mass is 9.90. The van der Waals surface area contributed by atoms with Crippen LogP contribution in [0.3, 0.4) is 0 Å². The van der Waals surface area contributed by atoms with E-state index in [1.165, 1.54) is 7.11 Å². The Morgan fingerprint density at radius 2 is 1.10 bits per heavy atom. The normalized spacial score (nSPS) is 27.8. The molecule has 0 bridgehead atoms. The Kier molecular flexibility index (Phi) is 10.9. The molecule has 5 N–H and O–H groups in total. The minimum atomic E-state index is -1.19. The van der Waals surface area contributed by atoms with Crippen LogP contribution in [0.4, 0.5) is 9.59 Å². The van der Waals surface area contributed by atoms with E-state index in [-0.39, 0.29) is 58.6 Å². The van der Waals surface area contributed by atoms with Crippen LogP contribution in [0.25, 0.3) is 44.4 Å². The molecule has 3 aromatic carbocycles. The molecule has 8 atom stereocenters. The first kappa shape index (κ1) is 43.3. The van der Waals surface area contributed by atoms with Gasteiger partial charge in [-0.05, 0) is 108 Å². The largest absolute Gasteiger partial charge is 0.465 e. The molecular formula is C51H58N8O8. The Bertz CT molecular complexity index is 2730. The van der Waals surface area contributed by atoms with Crippen molar-refractivity contribution >= 4 is 34.8 Å². The monoisotopic (exact) mass is 910 g/mol. The van der Waals surface area contributed by atoms with Crippen LogP contribution in [0.15, 0.2) is 73.1 Å². The van der Waals surface area contributed by atoms with Gasteiger partial charge in [-0.2, -0.15) is 0 Å². The van der Waals surface area contributed by atoms with Gasteiger partial charge in [0.2, 0.25) is 11.8 Å². The number of ether oxygens (including phenoxy) is 3. The van der Waals surface area contributed by atoms with Crippen molar-refractivity contribution in [2.45, 2.75) is 101 Å². The van der Waals surface area contributed by atoms with Gasteiger partial charge in [0, 0.05) is 62.0 Å². The molecule has 11 rings (SSSR count). The van der Waals surface area contributed by atoms with Crippen LogP contribution in [-0.4, -0.2) is 117 Å². The predicted octanol–water partition coefficient (Wildman–Crippen LogP) is 7.61. The van der Waals surface area contributed by atoms with Crippen molar-refractivity contribution in [3.05, 3.63) is 84.7 Å². The number of H-pyrrole nitrogens is 2. The van der Waals surface area contributed by atoms with Gasteiger partial charge in [-0.1, -0.05) is 62.4 Å². The molecule has 5 aromatic rings. The van der Waals surface area contributed by atoms with Crippen LogP contribution >= 0.6 is 0 Å². The standard InChI is InChI=1S/C51H58N8O8/c1-50-22-38(58(40(50)24-50)46(60)42(56-48(62)63)30-12-16-66-17-13-30)44-52-26-36(54-44)29-6-4-28(5-7-29)32-8-9-34-21-35(11-10-33(34)20-32)37-27-53-45(55-37)39-23-51(2)25-41(51)59(39)47(61)43(57-49(64)65-3)31-14-18-67-19-15-31/h4-11,20-21,26-27,30-31,38-43,56H,12-19,22-25H2,1-3H3,(H,52,54)(H,53,55)(H,57,64)(H,62,63)/t38-,39-,40-,41-,42-,43-,50+,51+/m0/s1. The highest BCUT2D eigenvalue weighted by Crippen LogP contribution is 2.64. The molecular weight excluding hydrogens is 853 g/mol. The second-order valence-corrected chi connectivity index (χ2v) is 20.3. The van der Waals surface area contributed by atoms with Crippen LogP contribution < -0.4 is 10.6 Å². The Labute approximate surface area is 388 Å². The topological polar surface area (TPSA) is 204 Å². The second-order valence-electron chi connectivity index (χ2n) is 20.3. The number of imidazole rings is 2. The number of hydrogen-bond acceptors (Lipinski definition) is 9. The van der Waals surface area contributed by atoms with E-state index in [0.717, 1.165) is 75.9 Å². The summed E-state index contributed by atoms with van der Waals surface area (Å²) < 4.78 is 16.0. The maximum Gasteiger partial charge on any atom is 0.407 e. The summed E-state index contributed by atoms with van der Waals surface area (Å²) in [6.07, 6.45) is 8.07. The summed E-state index contributed by atoms with van der Waals surface area (Å²) >= 11 is 0. The zero-order chi connectivity index (χ0) is 46.2. The lowest BCUT2D eigenvalue weighted by Crippen LogP contribution is -2.54. The van der Waals surface area contributed by atoms with E-state index in [1.54, 1.807) is 0 Å². The number of carbonyl (C=O) groups is 4. The van der Waals surface area contributed by atoms with Gasteiger partial charge in [0.05, 0.1) is 30.6 Å². The molecule has 16 heteroatoms. The van der Waals surface area contributed by atoms with Gasteiger partial charge < -0.3 is 49.7 Å². The number of carboxylic acid groups (broad SMARTS) is 1. The summed E-state index contributed by atoms with van der Waals surface area (Å²) in [5, 5.41) is 17.3. The third kappa shape index (κ3) is 8.00. The van der Waals surface area contributed by atoms with E-state index in [0.29, 0.717) is 57.9 Å². The maximum atomic E-state index is 14.4. The van der Waals surface area contributed by atoms with Gasteiger partial charge in [-0.15, -0.1) is 0 Å². The number of hydrogen-bond donors (Lipinski definition) is 5. The van der Waals surface area contributed by atoms with Crippen molar-refractivity contribution in [2.24, 2.45) is 22.7 Å². The molecule has 2 saturated carbocycles. The maximum absolute atomic E-state index is 14.4. The van der Waals surface area contributed by atoms with Crippen LogP contribution in [0, 0.1) is 22.7 Å². The molecule has 2 aromatic heterocycles. The smallest absolute Gasteiger partial charge is 0.407 e. The number of likely N-dealkylation sites (tertiary alicyclic amines) is 2. The summed E-state index contributed by atoms with van der Waals surface area (Å²) in [6, 6.07) is 19.3. The average Bonchev–Trinajstić information content (AvgIpc) is 3.77. The van der Waals surface area contributed by atoms with E-state index >= 15 is 0 Å². The van der Waals surface area contributed by atoms with Gasteiger partial charge in [0.1, 0.15) is 23.7 Å². The highest BCUT2D eigenvalue weighted by molar-refractivity contribution is 5.91. The highest BCUT2D eigenvalue weighted by atomic mass is 16.5. The third-order valence-electron chi connectivity index (χ3n) is 16.0. The first-order chi connectivity index (χ1) is 32.4. The lowest BCUT2D eigenvalue weighted by molar-refractivity contribution is -0.138. The van der Waals surface area contributed by atoms with E-state index < -0.39 is 24.3 Å². The van der Waals surface area contributed by atoms with Gasteiger partial charge in [-0.3, -0.25) is 9.59 Å². The Morgan fingerprint density at radius 3 is 1.61 bits per heavy atom. The first-order valence-corrected chi connectivity index (χ1v) is 23.8. The molecule has 4 aliphatic heterocycles. The SMILES string of the molecule is COC(=O)N[C@H](C(=O)N1[C@H]2C[C@@]2(C)C[C@H]1c1nc(-c2ccc3cc(-c4ccc(-c5c[nH]c([C@@H]6C[C@]7(C)C[C@@H]7N6C(=O)[C@@H](NC(=O)O)C6CCOCC6)n5)cc4)ccc3c2)c[nH]1)C1CCOCC1. The summed E-state index contributed by atoms with van der Waals surface area (Å²) in [7, 11) is 1.32. The molecule has 16 nitrogen and oxygen atoms in total. The van der Waals surface area contributed by atoms with Crippen molar-refractivity contribution in [3.63, 3.8) is 0 Å². The number of benzene rings is 3. The molecule has 4 amide bonds. The van der Waals surface area contributed by atoms with Crippen molar-refractivity contribution in [3.8, 4) is 33.6 Å². The van der Waals surface area contributed by atoms with Crippen molar-refractivity contribution in [1.82, 2.24) is 40.4 Å². The average molecular weight is 911 g/mol. The molecule has 0 unspecified atom stereocenters. The predicted molar refractivity (Wildman–Crippen MR) is 247 cm³/mol. The minimum Gasteiger partial charge on any atom is -0.465 e. The number of aromatic nitrogens is 4. The number of methoxy groups -OCH3 is 1. The van der Waals surface area contributed by atoms with Crippen LogP contribution in [0.1, 0.15) is 88.9 Å². The Hall–Kier alpha value is -6.26. The molecule has 67 heavy (non-hydrogen) atoms. The zero-order valence-electron chi connectivity index (χ0n) is 38.1. The van der Waals surface area contributed by atoms with Gasteiger partial charge >= 0.3 is 12.2 Å². The number of amides is 4. The molecule has 350 valence electrons. The molecule has 6 heterocycles. The van der Waals surface area contributed by atoms with E-state index in [2.05, 4.69) is 95.1 Å². The quantitative estimate of drug-likeness (QED) is 0.0878. The molecule has 4 saturated heterocycles. The van der Waals surface area contributed by atoms with Gasteiger partial charge in [0.15, 0.2) is 0 Å². The Balaban J connectivity index is 0.780. The number of carbonyl (C=O) groups excluding carboxylic acids is 3. The van der Waals surface area contributed by atoms with Crippen molar-refractivity contribution in [2.75, 3.05) is 33.5 Å². The minimum absolute atomic E-state index is 0.00946. The third-order valence-corrected chi connectivity index (χ3v) is 16.0. The van der Waals surface area contributed by atoms with Crippen LogP contribution in [0.5, 0.6) is 0 Å². The van der Waals surface area contributed by atoms with E-state index in [9.17, 15) is 24.3 Å². The number of piperidine rings is 2. The summed E-state index contributed by atoms with van der Waals surface area (Å²) in [6.45, 7) is 6.58. The summed E-state index contributed by atoms with van der Waals surface area (Å²) in [4.78, 5) is 73.7. The molecule has 6 aliphatic rings. The number of nitrogens with zero attached hydrogens (tertiary/aromatic N) is 4. The fourth-order valence-electron chi connectivity index (χ4n) is 11.9. The van der Waals surface area contributed by atoms with E-state index in [4.69, 9.17) is 24.2 Å². The summed E-state index contributed by atoms with van der Waals surface area (Å²) in [5.74, 6) is 1.05. The number of fused-ring (bicyclic) bond motifs is 3. The van der Waals surface area contributed by atoms with Gasteiger partial charge in [0.25, 0.3) is 0 Å². The second kappa shape index (κ2) is 16.8. The molecule has 2 aliphatic carbocycles. The number of nitrogens with one attached hydrogen (secondary N) is 4.